The molecule has 0 spiro atoms. The number of carboxylic acid groups (broad SMARTS) is 1. The number of hydrogen-bond acceptors (Lipinski definition) is 3. The van der Waals surface area contributed by atoms with Crippen molar-refractivity contribution in [2.45, 2.75) is 6.61 Å². The van der Waals surface area contributed by atoms with E-state index in [1.54, 1.807) is 12.1 Å². The van der Waals surface area contributed by atoms with Crippen LogP contribution in [-0.2, 0) is 16.1 Å². The highest BCUT2D eigenvalue weighted by molar-refractivity contribution is 5.82. The molecule has 5 aromatic rings. The molecule has 5 aromatic carbocycles. The van der Waals surface area contributed by atoms with Crippen LogP contribution < -0.4 is 4.74 Å². The van der Waals surface area contributed by atoms with Crippen molar-refractivity contribution in [3.8, 4) is 28.0 Å². The molecule has 198 valence electrons. The Bertz CT molecular complexity index is 1450. The number of aliphatic carboxylic acids is 1. The van der Waals surface area contributed by atoms with Gasteiger partial charge in [-0.25, -0.2) is 4.79 Å². The zero-order valence-electron chi connectivity index (χ0n) is 22.1. The molecule has 0 heterocycles. The fourth-order valence-corrected chi connectivity index (χ4v) is 4.49. The second-order valence-electron chi connectivity index (χ2n) is 9.35. The number of hydrogen-bond donors (Lipinski definition) is 1. The Balaban J connectivity index is 1.33. The molecule has 0 fully saturated rings. The summed E-state index contributed by atoms with van der Waals surface area (Å²) in [5, 5.41) is 8.76. The van der Waals surface area contributed by atoms with Gasteiger partial charge in [0.05, 0.1) is 13.2 Å². The Morgan fingerprint density at radius 2 is 1.07 bits per heavy atom. The smallest absolute Gasteiger partial charge is 0.341 e. The number of ether oxygens (including phenoxy) is 2. The number of rotatable bonds is 11. The van der Waals surface area contributed by atoms with Gasteiger partial charge in [-0.15, -0.1) is 0 Å². The molecule has 1 N–H and O–H groups in total. The average Bonchev–Trinajstić information content (AvgIpc) is 3.02. The lowest BCUT2D eigenvalue weighted by Crippen LogP contribution is -2.09. The van der Waals surface area contributed by atoms with E-state index in [0.29, 0.717) is 19.0 Å². The van der Waals surface area contributed by atoms with Gasteiger partial charge in [-0.2, -0.15) is 0 Å². The lowest BCUT2D eigenvalue weighted by molar-refractivity contribution is -0.139. The molecule has 0 saturated carbocycles. The van der Waals surface area contributed by atoms with E-state index in [0.717, 1.165) is 22.3 Å². The Hall–Kier alpha value is -4.93. The van der Waals surface area contributed by atoms with Gasteiger partial charge in [0.25, 0.3) is 0 Å². The summed E-state index contributed by atoms with van der Waals surface area (Å²) in [6, 6.07) is 45.3. The van der Waals surface area contributed by atoms with E-state index in [1.807, 2.05) is 24.3 Å². The van der Waals surface area contributed by atoms with Crippen molar-refractivity contribution in [2.75, 3.05) is 13.2 Å². The Labute approximate surface area is 234 Å². The van der Waals surface area contributed by atoms with E-state index < -0.39 is 5.97 Å². The fourth-order valence-electron chi connectivity index (χ4n) is 4.49. The van der Waals surface area contributed by atoms with Crippen LogP contribution in [0.4, 0.5) is 0 Å². The molecular formula is C36H30O4. The van der Waals surface area contributed by atoms with Crippen LogP contribution in [0.3, 0.4) is 0 Å². The first-order valence-electron chi connectivity index (χ1n) is 13.2. The highest BCUT2D eigenvalue weighted by Gasteiger charge is 2.08. The third kappa shape index (κ3) is 7.13. The Kier molecular flexibility index (Phi) is 8.82. The summed E-state index contributed by atoms with van der Waals surface area (Å²) in [5.74, 6) is -0.481. The summed E-state index contributed by atoms with van der Waals surface area (Å²) >= 11 is 0. The molecule has 4 nitrogen and oxygen atoms in total. The van der Waals surface area contributed by atoms with Crippen molar-refractivity contribution >= 4 is 11.5 Å². The maximum atomic E-state index is 10.7. The monoisotopic (exact) mass is 526 g/mol. The van der Waals surface area contributed by atoms with Crippen molar-refractivity contribution in [3.05, 3.63) is 156 Å². The van der Waals surface area contributed by atoms with Crippen LogP contribution in [0.25, 0.3) is 27.8 Å². The van der Waals surface area contributed by atoms with E-state index in [-0.39, 0.29) is 6.61 Å². The topological polar surface area (TPSA) is 55.8 Å². The molecule has 0 unspecified atom stereocenters. The first kappa shape index (κ1) is 26.7. The molecule has 5 rings (SSSR count). The average molecular weight is 527 g/mol. The van der Waals surface area contributed by atoms with E-state index in [4.69, 9.17) is 14.6 Å². The van der Waals surface area contributed by atoms with Crippen LogP contribution >= 0.6 is 0 Å². The minimum Gasteiger partial charge on any atom is -0.482 e. The predicted octanol–water partition coefficient (Wildman–Crippen LogP) is 8.13. The third-order valence-corrected chi connectivity index (χ3v) is 6.57. The maximum absolute atomic E-state index is 10.7. The number of carbonyl (C=O) groups is 1. The fraction of sp³-hybridized carbons (Fsp3) is 0.0833. The van der Waals surface area contributed by atoms with E-state index in [1.165, 1.54) is 22.3 Å². The summed E-state index contributed by atoms with van der Waals surface area (Å²) in [5.41, 5.74) is 9.06. The third-order valence-electron chi connectivity index (χ3n) is 6.57. The molecule has 40 heavy (non-hydrogen) atoms. The van der Waals surface area contributed by atoms with Gasteiger partial charge in [-0.3, -0.25) is 0 Å². The molecule has 0 aliphatic rings. The predicted molar refractivity (Wildman–Crippen MR) is 160 cm³/mol. The number of benzene rings is 5. The zero-order valence-corrected chi connectivity index (χ0v) is 22.1. The van der Waals surface area contributed by atoms with Gasteiger partial charge in [-0.05, 0) is 56.6 Å². The lowest BCUT2D eigenvalue weighted by atomic mass is 9.94. The molecule has 0 aromatic heterocycles. The standard InChI is InChI=1S/C36H30O4/c37-36(38)26-40-34-21-11-27(12-22-34)25-39-24-23-35(32-17-13-30(14-18-32)28-7-3-1-4-8-28)33-19-15-31(16-20-33)29-9-5-2-6-10-29/h1-23H,24-26H2,(H,37,38). The normalized spacial score (nSPS) is 10.6. The van der Waals surface area contributed by atoms with Gasteiger partial charge in [0.1, 0.15) is 5.75 Å². The molecule has 0 atom stereocenters. The van der Waals surface area contributed by atoms with Gasteiger partial charge in [-0.1, -0.05) is 127 Å². The SMILES string of the molecule is O=C(O)COc1ccc(COCC=C(c2ccc(-c3ccccc3)cc2)c2ccc(-c3ccccc3)cc2)cc1. The van der Waals surface area contributed by atoms with Crippen LogP contribution in [0.1, 0.15) is 16.7 Å². The summed E-state index contributed by atoms with van der Waals surface area (Å²) in [4.78, 5) is 10.7. The largest absolute Gasteiger partial charge is 0.482 e. The maximum Gasteiger partial charge on any atom is 0.341 e. The minimum atomic E-state index is -1.00. The van der Waals surface area contributed by atoms with Crippen molar-refractivity contribution in [3.63, 3.8) is 0 Å². The summed E-state index contributed by atoms with van der Waals surface area (Å²) in [6.45, 7) is 0.512. The quantitative estimate of drug-likeness (QED) is 0.177. The van der Waals surface area contributed by atoms with Gasteiger partial charge < -0.3 is 14.6 Å². The highest BCUT2D eigenvalue weighted by Crippen LogP contribution is 2.29. The zero-order chi connectivity index (χ0) is 27.6. The highest BCUT2D eigenvalue weighted by atomic mass is 16.5. The molecule has 4 heteroatoms. The van der Waals surface area contributed by atoms with Crippen LogP contribution in [0, 0.1) is 0 Å². The molecular weight excluding hydrogens is 496 g/mol. The van der Waals surface area contributed by atoms with Crippen molar-refractivity contribution in [1.29, 1.82) is 0 Å². The van der Waals surface area contributed by atoms with Crippen LogP contribution in [0.15, 0.2) is 140 Å². The van der Waals surface area contributed by atoms with Crippen LogP contribution in [-0.4, -0.2) is 24.3 Å². The van der Waals surface area contributed by atoms with Gasteiger partial charge >= 0.3 is 5.97 Å². The summed E-state index contributed by atoms with van der Waals surface area (Å²) in [7, 11) is 0. The Morgan fingerprint density at radius 1 is 0.600 bits per heavy atom. The minimum absolute atomic E-state index is 0.359. The van der Waals surface area contributed by atoms with Crippen molar-refractivity contribution < 1.29 is 19.4 Å². The molecule has 0 saturated heterocycles. The van der Waals surface area contributed by atoms with Crippen LogP contribution in [0.2, 0.25) is 0 Å². The van der Waals surface area contributed by atoms with E-state index >= 15 is 0 Å². The second-order valence-corrected chi connectivity index (χ2v) is 9.35. The van der Waals surface area contributed by atoms with Gasteiger partial charge in [0.15, 0.2) is 6.61 Å². The molecule has 0 amide bonds. The van der Waals surface area contributed by atoms with E-state index in [9.17, 15) is 4.79 Å². The lowest BCUT2D eigenvalue weighted by Gasteiger charge is -2.12. The summed E-state index contributed by atoms with van der Waals surface area (Å²) < 4.78 is 11.2. The summed E-state index contributed by atoms with van der Waals surface area (Å²) in [6.07, 6.45) is 2.12. The molecule has 0 aliphatic heterocycles. The van der Waals surface area contributed by atoms with Crippen molar-refractivity contribution in [2.24, 2.45) is 0 Å². The van der Waals surface area contributed by atoms with Crippen molar-refractivity contribution in [1.82, 2.24) is 0 Å². The first-order valence-corrected chi connectivity index (χ1v) is 13.2. The number of carboxylic acids is 1. The van der Waals surface area contributed by atoms with Crippen LogP contribution in [0.5, 0.6) is 5.75 Å². The van der Waals surface area contributed by atoms with Gasteiger partial charge in [0.2, 0.25) is 0 Å². The second kappa shape index (κ2) is 13.2. The molecule has 0 radical (unpaired) electrons. The first-order chi connectivity index (χ1) is 19.7. The molecule has 0 aliphatic carbocycles. The van der Waals surface area contributed by atoms with Gasteiger partial charge in [0, 0.05) is 0 Å². The van der Waals surface area contributed by atoms with E-state index in [2.05, 4.69) is 103 Å². The molecule has 0 bridgehead atoms. The Morgan fingerprint density at radius 3 is 1.55 bits per heavy atom.